The Bertz CT molecular complexity index is 169. The normalized spacial score (nSPS) is 25.2. The molecule has 1 aliphatic rings. The predicted octanol–water partition coefficient (Wildman–Crippen LogP) is 0.606. The molecule has 4 heteroatoms. The third kappa shape index (κ3) is 3.56. The molecule has 1 saturated heterocycles. The van der Waals surface area contributed by atoms with Gasteiger partial charge in [0.25, 0.3) is 0 Å². The zero-order chi connectivity index (χ0) is 9.68. The van der Waals surface area contributed by atoms with E-state index in [4.69, 9.17) is 0 Å². The number of thioether (sulfide) groups is 1. The van der Waals surface area contributed by atoms with Crippen LogP contribution in [0.2, 0.25) is 0 Å². The first kappa shape index (κ1) is 10.9. The molecule has 1 rings (SSSR count). The Morgan fingerprint density at radius 1 is 1.77 bits per heavy atom. The van der Waals surface area contributed by atoms with Gasteiger partial charge >= 0.3 is 0 Å². The fraction of sp³-hybridized carbons (Fsp3) is 0.889. The van der Waals surface area contributed by atoms with Gasteiger partial charge in [-0.15, -0.1) is 0 Å². The number of amides is 1. The molecule has 1 aliphatic heterocycles. The van der Waals surface area contributed by atoms with Gasteiger partial charge in [-0.2, -0.15) is 11.8 Å². The topological polar surface area (TPSA) is 41.1 Å². The lowest BCUT2D eigenvalue weighted by Crippen LogP contribution is -2.50. The monoisotopic (exact) mass is 202 g/mol. The maximum Gasteiger partial charge on any atom is 0.238 e. The number of carbonyl (C=O) groups is 1. The van der Waals surface area contributed by atoms with E-state index in [-0.39, 0.29) is 11.9 Å². The Labute approximate surface area is 84.0 Å². The maximum absolute atomic E-state index is 11.6. The number of hydrogen-bond donors (Lipinski definition) is 2. The van der Waals surface area contributed by atoms with Crippen LogP contribution in [0.15, 0.2) is 0 Å². The molecular weight excluding hydrogens is 184 g/mol. The molecule has 0 spiro atoms. The summed E-state index contributed by atoms with van der Waals surface area (Å²) >= 11 is 1.84. The molecule has 1 amide bonds. The van der Waals surface area contributed by atoms with E-state index in [1.54, 1.807) is 0 Å². The molecule has 0 aliphatic carbocycles. The highest BCUT2D eigenvalue weighted by atomic mass is 32.2. The van der Waals surface area contributed by atoms with Crippen LogP contribution in [0.3, 0.4) is 0 Å². The fourth-order valence-electron chi connectivity index (χ4n) is 1.18. The summed E-state index contributed by atoms with van der Waals surface area (Å²) in [5.41, 5.74) is 0. The molecule has 0 aromatic carbocycles. The Hall–Kier alpha value is -0.220. The van der Waals surface area contributed by atoms with Crippen LogP contribution in [-0.2, 0) is 4.79 Å². The minimum Gasteiger partial charge on any atom is -0.352 e. The Morgan fingerprint density at radius 2 is 2.54 bits per heavy atom. The van der Waals surface area contributed by atoms with E-state index in [9.17, 15) is 4.79 Å². The van der Waals surface area contributed by atoms with Crippen molar-refractivity contribution in [3.63, 3.8) is 0 Å². The van der Waals surface area contributed by atoms with Crippen molar-refractivity contribution in [3.8, 4) is 0 Å². The molecule has 13 heavy (non-hydrogen) atoms. The molecule has 0 bridgehead atoms. The summed E-state index contributed by atoms with van der Waals surface area (Å²) < 4.78 is 0. The van der Waals surface area contributed by atoms with Gasteiger partial charge in [0.05, 0.1) is 6.04 Å². The molecule has 0 aromatic rings. The third-order valence-electron chi connectivity index (χ3n) is 2.24. The lowest BCUT2D eigenvalue weighted by atomic mass is 10.2. The molecule has 2 atom stereocenters. The minimum atomic E-state index is 0.0211. The Balaban J connectivity index is 2.29. The van der Waals surface area contributed by atoms with Crippen molar-refractivity contribution in [1.29, 1.82) is 0 Å². The van der Waals surface area contributed by atoms with Gasteiger partial charge in [-0.1, -0.05) is 6.92 Å². The highest BCUT2D eigenvalue weighted by Gasteiger charge is 2.21. The summed E-state index contributed by atoms with van der Waals surface area (Å²) in [5, 5.41) is 6.20. The van der Waals surface area contributed by atoms with Gasteiger partial charge in [-0.05, 0) is 13.3 Å². The van der Waals surface area contributed by atoms with Gasteiger partial charge in [0.15, 0.2) is 0 Å². The van der Waals surface area contributed by atoms with E-state index in [1.165, 1.54) is 0 Å². The highest BCUT2D eigenvalue weighted by Crippen LogP contribution is 2.07. The zero-order valence-corrected chi connectivity index (χ0v) is 9.12. The number of rotatable bonds is 3. The second kappa shape index (κ2) is 5.50. The van der Waals surface area contributed by atoms with Crippen molar-refractivity contribution >= 4 is 17.7 Å². The molecule has 0 saturated carbocycles. The first-order valence-corrected chi connectivity index (χ1v) is 6.01. The lowest BCUT2D eigenvalue weighted by molar-refractivity contribution is -0.123. The van der Waals surface area contributed by atoms with Crippen LogP contribution in [0, 0.1) is 0 Å². The smallest absolute Gasteiger partial charge is 0.238 e. The molecular formula is C9H18N2OS. The van der Waals surface area contributed by atoms with E-state index >= 15 is 0 Å². The van der Waals surface area contributed by atoms with Crippen molar-refractivity contribution in [2.45, 2.75) is 32.4 Å². The van der Waals surface area contributed by atoms with Crippen molar-refractivity contribution in [3.05, 3.63) is 0 Å². The molecule has 2 N–H and O–H groups in total. The van der Waals surface area contributed by atoms with Crippen molar-refractivity contribution < 1.29 is 4.79 Å². The van der Waals surface area contributed by atoms with Gasteiger partial charge in [0.2, 0.25) is 5.91 Å². The van der Waals surface area contributed by atoms with E-state index in [0.717, 1.165) is 24.5 Å². The zero-order valence-electron chi connectivity index (χ0n) is 8.30. The fourth-order valence-corrected chi connectivity index (χ4v) is 2.11. The average molecular weight is 202 g/mol. The van der Waals surface area contributed by atoms with Gasteiger partial charge < -0.3 is 10.6 Å². The van der Waals surface area contributed by atoms with E-state index < -0.39 is 0 Å². The largest absolute Gasteiger partial charge is 0.352 e. The Kier molecular flexibility index (Phi) is 4.59. The third-order valence-corrected chi connectivity index (χ3v) is 3.30. The highest BCUT2D eigenvalue weighted by molar-refractivity contribution is 7.99. The molecule has 1 fully saturated rings. The van der Waals surface area contributed by atoms with Crippen LogP contribution in [0.4, 0.5) is 0 Å². The van der Waals surface area contributed by atoms with E-state index in [0.29, 0.717) is 6.04 Å². The first-order chi connectivity index (χ1) is 6.24. The van der Waals surface area contributed by atoms with Crippen LogP contribution in [0.5, 0.6) is 0 Å². The van der Waals surface area contributed by atoms with E-state index in [1.807, 2.05) is 18.7 Å². The number of nitrogens with one attached hydrogen (secondary N) is 2. The average Bonchev–Trinajstić information content (AvgIpc) is 2.19. The maximum atomic E-state index is 11.6. The second-order valence-electron chi connectivity index (χ2n) is 3.40. The van der Waals surface area contributed by atoms with Crippen LogP contribution in [-0.4, -0.2) is 36.0 Å². The van der Waals surface area contributed by atoms with Crippen LogP contribution in [0.1, 0.15) is 20.3 Å². The van der Waals surface area contributed by atoms with E-state index in [2.05, 4.69) is 17.6 Å². The predicted molar refractivity (Wildman–Crippen MR) is 57.0 cm³/mol. The van der Waals surface area contributed by atoms with Crippen molar-refractivity contribution in [2.75, 3.05) is 18.1 Å². The SMILES string of the molecule is CCC(C)NC(=O)C1CSCCN1. The summed E-state index contributed by atoms with van der Waals surface area (Å²) in [6.45, 7) is 5.06. The van der Waals surface area contributed by atoms with Crippen LogP contribution >= 0.6 is 11.8 Å². The van der Waals surface area contributed by atoms with Gasteiger partial charge in [0.1, 0.15) is 0 Å². The summed E-state index contributed by atoms with van der Waals surface area (Å²) in [5.74, 6) is 2.18. The molecule has 2 unspecified atom stereocenters. The first-order valence-electron chi connectivity index (χ1n) is 4.85. The number of hydrogen-bond acceptors (Lipinski definition) is 3. The molecule has 0 radical (unpaired) electrons. The lowest BCUT2D eigenvalue weighted by Gasteiger charge is -2.23. The van der Waals surface area contributed by atoms with Gasteiger partial charge in [-0.25, -0.2) is 0 Å². The van der Waals surface area contributed by atoms with Crippen molar-refractivity contribution in [1.82, 2.24) is 10.6 Å². The summed E-state index contributed by atoms with van der Waals surface area (Å²) in [7, 11) is 0. The molecule has 0 aromatic heterocycles. The Morgan fingerprint density at radius 3 is 3.08 bits per heavy atom. The molecule has 1 heterocycles. The summed E-state index contributed by atoms with van der Waals surface area (Å²) in [6, 6.07) is 0.314. The number of carbonyl (C=O) groups excluding carboxylic acids is 1. The molecule has 76 valence electrons. The second-order valence-corrected chi connectivity index (χ2v) is 4.55. The standard InChI is InChI=1S/C9H18N2OS/c1-3-7(2)11-9(12)8-6-13-5-4-10-8/h7-8,10H,3-6H2,1-2H3,(H,11,12). The summed E-state index contributed by atoms with van der Waals surface area (Å²) in [6.07, 6.45) is 0.992. The van der Waals surface area contributed by atoms with Crippen LogP contribution < -0.4 is 10.6 Å². The van der Waals surface area contributed by atoms with Gasteiger partial charge in [0, 0.05) is 24.1 Å². The van der Waals surface area contributed by atoms with Gasteiger partial charge in [-0.3, -0.25) is 4.79 Å². The summed E-state index contributed by atoms with van der Waals surface area (Å²) in [4.78, 5) is 11.6. The van der Waals surface area contributed by atoms with Crippen molar-refractivity contribution in [2.24, 2.45) is 0 Å². The minimum absolute atomic E-state index is 0.0211. The quantitative estimate of drug-likeness (QED) is 0.704. The van der Waals surface area contributed by atoms with Crippen LogP contribution in [0.25, 0.3) is 0 Å². The molecule has 3 nitrogen and oxygen atoms in total.